The van der Waals surface area contributed by atoms with Gasteiger partial charge in [0.2, 0.25) is 0 Å². The second-order valence-electron chi connectivity index (χ2n) is 3.11. The second-order valence-corrected chi connectivity index (χ2v) is 5.42. The molecule has 0 N–H and O–H groups in total. The van der Waals surface area contributed by atoms with E-state index in [0.717, 1.165) is 6.42 Å². The Morgan fingerprint density at radius 2 is 2.14 bits per heavy atom. The molecule has 0 saturated carbocycles. The van der Waals surface area contributed by atoms with Crippen LogP contribution in [0.1, 0.15) is 19.3 Å². The van der Waals surface area contributed by atoms with Crippen LogP contribution in [0.25, 0.3) is 0 Å². The van der Waals surface area contributed by atoms with Crippen LogP contribution in [-0.4, -0.2) is 32.5 Å². The van der Waals surface area contributed by atoms with E-state index in [4.69, 9.17) is 0 Å². The fourth-order valence-electron chi connectivity index (χ4n) is 1.31. The van der Waals surface area contributed by atoms with Gasteiger partial charge in [-0.2, -0.15) is 0 Å². The van der Waals surface area contributed by atoms with Gasteiger partial charge in [0, 0.05) is 5.92 Å². The summed E-state index contributed by atoms with van der Waals surface area (Å²) in [7, 11) is -1.89. The average molecular weight is 216 g/mol. The van der Waals surface area contributed by atoms with Crippen molar-refractivity contribution in [3.05, 3.63) is 0 Å². The number of rotatable bonds is 0. The van der Waals surface area contributed by atoms with E-state index in [-0.39, 0.29) is 5.75 Å². The molecule has 1 atom stereocenters. The molecule has 1 saturated heterocycles. The highest BCUT2D eigenvalue weighted by Gasteiger charge is 2.26. The van der Waals surface area contributed by atoms with Crippen molar-refractivity contribution < 1.29 is 17.9 Å². The molecule has 1 rings (SSSR count). The zero-order valence-corrected chi connectivity index (χ0v) is 8.76. The van der Waals surface area contributed by atoms with Gasteiger partial charge in [-0.05, 0) is 12.8 Å². The Morgan fingerprint density at radius 3 is 2.71 bits per heavy atom. The molecule has 1 fully saturated rings. The third-order valence-corrected chi connectivity index (χ3v) is 4.18. The van der Waals surface area contributed by atoms with Crippen molar-refractivity contribution in [2.24, 2.45) is 0 Å². The zero-order chi connectivity index (χ0) is 10.6. The van der Waals surface area contributed by atoms with E-state index >= 15 is 0 Å². The van der Waals surface area contributed by atoms with Crippen molar-refractivity contribution >= 4 is 15.8 Å². The predicted molar refractivity (Wildman–Crippen MR) is 51.2 cm³/mol. The molecule has 1 aliphatic heterocycles. The van der Waals surface area contributed by atoms with Crippen molar-refractivity contribution in [3.63, 3.8) is 0 Å². The number of ether oxygens (including phenoxy) is 1. The van der Waals surface area contributed by atoms with Crippen molar-refractivity contribution in [1.29, 1.82) is 0 Å². The summed E-state index contributed by atoms with van der Waals surface area (Å²) in [5.74, 6) is 4.10. The van der Waals surface area contributed by atoms with E-state index in [1.807, 2.05) is 0 Å². The molecule has 78 valence electrons. The van der Waals surface area contributed by atoms with Crippen LogP contribution in [0.15, 0.2) is 0 Å². The third-order valence-electron chi connectivity index (χ3n) is 2.10. The molecule has 1 aliphatic rings. The van der Waals surface area contributed by atoms with E-state index in [2.05, 4.69) is 16.6 Å². The highest BCUT2D eigenvalue weighted by atomic mass is 32.2. The van der Waals surface area contributed by atoms with Gasteiger partial charge in [0.1, 0.15) is 5.25 Å². The van der Waals surface area contributed by atoms with Crippen molar-refractivity contribution in [2.75, 3.05) is 12.9 Å². The maximum absolute atomic E-state index is 11.4. The summed E-state index contributed by atoms with van der Waals surface area (Å²) in [6.45, 7) is 0. The van der Waals surface area contributed by atoms with Crippen molar-refractivity contribution in [3.8, 4) is 11.8 Å². The number of hydrogen-bond donors (Lipinski definition) is 0. The van der Waals surface area contributed by atoms with Gasteiger partial charge in [0.05, 0.1) is 12.9 Å². The van der Waals surface area contributed by atoms with Crippen LogP contribution in [0.5, 0.6) is 0 Å². The minimum atomic E-state index is -3.11. The summed E-state index contributed by atoms with van der Waals surface area (Å²) >= 11 is 0. The number of carbonyl (C=O) groups is 1. The highest BCUT2D eigenvalue weighted by molar-refractivity contribution is 7.92. The van der Waals surface area contributed by atoms with E-state index in [1.54, 1.807) is 0 Å². The lowest BCUT2D eigenvalue weighted by Gasteiger charge is -2.16. The smallest absolute Gasteiger partial charge is 0.384 e. The monoisotopic (exact) mass is 216 g/mol. The lowest BCUT2D eigenvalue weighted by Crippen LogP contribution is -2.27. The molecule has 0 bridgehead atoms. The maximum Gasteiger partial charge on any atom is 0.384 e. The molecule has 1 unspecified atom stereocenters. The van der Waals surface area contributed by atoms with Crippen molar-refractivity contribution in [2.45, 2.75) is 24.5 Å². The van der Waals surface area contributed by atoms with Gasteiger partial charge < -0.3 is 4.74 Å². The summed E-state index contributed by atoms with van der Waals surface area (Å²) in [4.78, 5) is 10.7. The molecule has 5 heteroatoms. The van der Waals surface area contributed by atoms with Crippen LogP contribution < -0.4 is 0 Å². The summed E-state index contributed by atoms with van der Waals surface area (Å²) in [6.07, 6.45) is 2.06. The standard InChI is InChI=1S/C9H12O4S/c1-13-9(10)6-5-8-4-2-3-7-14(8,11)12/h8H,2-4,7H2,1H3. The molecule has 0 aromatic heterocycles. The molecule has 0 spiro atoms. The van der Waals surface area contributed by atoms with Crippen molar-refractivity contribution in [1.82, 2.24) is 0 Å². The largest absolute Gasteiger partial charge is 0.459 e. The first-order valence-electron chi connectivity index (χ1n) is 4.37. The van der Waals surface area contributed by atoms with Gasteiger partial charge >= 0.3 is 5.97 Å². The van der Waals surface area contributed by atoms with Crippen LogP contribution in [-0.2, 0) is 19.4 Å². The van der Waals surface area contributed by atoms with Gasteiger partial charge in [0.25, 0.3) is 0 Å². The summed E-state index contributed by atoms with van der Waals surface area (Å²) in [5, 5.41) is -0.685. The average Bonchev–Trinajstić information content (AvgIpc) is 2.15. The molecular formula is C9H12O4S. The normalized spacial score (nSPS) is 24.5. The zero-order valence-electron chi connectivity index (χ0n) is 7.95. The van der Waals surface area contributed by atoms with Crippen LogP contribution in [0.4, 0.5) is 0 Å². The molecule has 1 heterocycles. The predicted octanol–water partition coefficient (Wildman–Crippen LogP) is 0.130. The van der Waals surface area contributed by atoms with E-state index < -0.39 is 21.1 Å². The quantitative estimate of drug-likeness (QED) is 0.328. The highest BCUT2D eigenvalue weighted by Crippen LogP contribution is 2.18. The Balaban J connectivity index is 2.75. The molecule has 14 heavy (non-hydrogen) atoms. The first-order valence-corrected chi connectivity index (χ1v) is 6.09. The first kappa shape index (κ1) is 11.1. The molecule has 4 nitrogen and oxygen atoms in total. The molecule has 0 aromatic carbocycles. The maximum atomic E-state index is 11.4. The molecule has 0 amide bonds. The minimum absolute atomic E-state index is 0.174. The topological polar surface area (TPSA) is 60.4 Å². The van der Waals surface area contributed by atoms with E-state index in [0.29, 0.717) is 12.8 Å². The van der Waals surface area contributed by atoms with Crippen LogP contribution >= 0.6 is 0 Å². The third kappa shape index (κ3) is 2.74. The van der Waals surface area contributed by atoms with Crippen LogP contribution in [0.2, 0.25) is 0 Å². The molecule has 0 radical (unpaired) electrons. The summed E-state index contributed by atoms with van der Waals surface area (Å²) in [5.41, 5.74) is 0. The molecule has 0 aromatic rings. The van der Waals surface area contributed by atoms with Gasteiger partial charge in [-0.1, -0.05) is 12.3 Å². The minimum Gasteiger partial charge on any atom is -0.459 e. The summed E-state index contributed by atoms with van der Waals surface area (Å²) < 4.78 is 27.2. The number of carbonyl (C=O) groups excluding carboxylic acids is 1. The fourth-order valence-corrected chi connectivity index (χ4v) is 2.96. The van der Waals surface area contributed by atoms with Crippen LogP contribution in [0.3, 0.4) is 0 Å². The Hall–Kier alpha value is -1.02. The Kier molecular flexibility index (Phi) is 3.53. The number of methoxy groups -OCH3 is 1. The number of sulfone groups is 1. The lowest BCUT2D eigenvalue weighted by molar-refractivity contribution is -0.133. The first-order chi connectivity index (χ1) is 6.56. The van der Waals surface area contributed by atoms with E-state index in [1.165, 1.54) is 7.11 Å². The van der Waals surface area contributed by atoms with Crippen LogP contribution in [0, 0.1) is 11.8 Å². The van der Waals surface area contributed by atoms with Gasteiger partial charge in [-0.15, -0.1) is 0 Å². The van der Waals surface area contributed by atoms with Gasteiger partial charge in [0.15, 0.2) is 9.84 Å². The SMILES string of the molecule is COC(=O)C#CC1CCCCS1(=O)=O. The Morgan fingerprint density at radius 1 is 1.43 bits per heavy atom. The fraction of sp³-hybridized carbons (Fsp3) is 0.667. The summed E-state index contributed by atoms with van der Waals surface area (Å²) in [6, 6.07) is 0. The Bertz CT molecular complexity index is 371. The number of hydrogen-bond acceptors (Lipinski definition) is 4. The Labute approximate surface area is 83.6 Å². The number of esters is 1. The lowest BCUT2D eigenvalue weighted by atomic mass is 10.2. The molecule has 0 aliphatic carbocycles. The van der Waals surface area contributed by atoms with Gasteiger partial charge in [-0.25, -0.2) is 13.2 Å². The van der Waals surface area contributed by atoms with Gasteiger partial charge in [-0.3, -0.25) is 0 Å². The second kappa shape index (κ2) is 4.47. The molecular weight excluding hydrogens is 204 g/mol. The van der Waals surface area contributed by atoms with E-state index in [9.17, 15) is 13.2 Å².